The summed E-state index contributed by atoms with van der Waals surface area (Å²) in [6.07, 6.45) is 10.1. The van der Waals surface area contributed by atoms with Crippen molar-refractivity contribution in [3.63, 3.8) is 0 Å². The molecule has 1 aliphatic carbocycles. The molecular weight excluding hydrogens is 376 g/mol. The number of carbonyl (C=O) groups is 1. The smallest absolute Gasteiger partial charge is 0.341 e. The van der Waals surface area contributed by atoms with Gasteiger partial charge in [0, 0.05) is 18.0 Å². The third-order valence-corrected chi connectivity index (χ3v) is 6.54. The van der Waals surface area contributed by atoms with Gasteiger partial charge in [-0.2, -0.15) is 0 Å². The topological polar surface area (TPSA) is 41.6 Å². The number of ether oxygens (including phenoxy) is 1. The van der Waals surface area contributed by atoms with Gasteiger partial charge < -0.3 is 15.0 Å². The first kappa shape index (κ1) is 22.2. The first-order valence-corrected chi connectivity index (χ1v) is 11.7. The van der Waals surface area contributed by atoms with E-state index in [4.69, 9.17) is 17.0 Å². The van der Waals surface area contributed by atoms with E-state index in [2.05, 4.69) is 24.1 Å². The van der Waals surface area contributed by atoms with Crippen LogP contribution in [0.1, 0.15) is 86.5 Å². The number of nitrogens with zero attached hydrogens (tertiary/aromatic N) is 1. The minimum Gasteiger partial charge on any atom is -0.462 e. The maximum absolute atomic E-state index is 12.7. The highest BCUT2D eigenvalue weighted by atomic mass is 32.1. The van der Waals surface area contributed by atoms with Crippen LogP contribution in [0.2, 0.25) is 0 Å². The van der Waals surface area contributed by atoms with Gasteiger partial charge in [-0.3, -0.25) is 0 Å². The Labute approximate surface area is 173 Å². The minimum absolute atomic E-state index is 0.212. The summed E-state index contributed by atoms with van der Waals surface area (Å²) in [5.74, 6) is -0.212. The molecule has 0 saturated carbocycles. The Morgan fingerprint density at radius 1 is 1.11 bits per heavy atom. The Hall–Kier alpha value is -1.14. The normalized spacial score (nSPS) is 13.6. The number of anilines is 1. The maximum Gasteiger partial charge on any atom is 0.341 e. The molecule has 4 nitrogen and oxygen atoms in total. The molecule has 0 fully saturated rings. The Morgan fingerprint density at radius 2 is 1.78 bits per heavy atom. The van der Waals surface area contributed by atoms with Crippen molar-refractivity contribution in [2.75, 3.05) is 25.0 Å². The third kappa shape index (κ3) is 6.18. The summed E-state index contributed by atoms with van der Waals surface area (Å²) in [5.41, 5.74) is 1.92. The molecular formula is C21H34N2O2S2. The van der Waals surface area contributed by atoms with Crippen LogP contribution in [0, 0.1) is 0 Å². The van der Waals surface area contributed by atoms with Gasteiger partial charge in [-0.15, -0.1) is 11.3 Å². The number of hydrogen-bond donors (Lipinski definition) is 1. The number of nitrogens with one attached hydrogen (secondary N) is 1. The average molecular weight is 411 g/mol. The highest BCUT2D eigenvalue weighted by Gasteiger charge is 2.26. The number of esters is 1. The van der Waals surface area contributed by atoms with Gasteiger partial charge in [0.2, 0.25) is 0 Å². The van der Waals surface area contributed by atoms with E-state index < -0.39 is 0 Å². The fourth-order valence-electron chi connectivity index (χ4n) is 3.44. The SMILES string of the molecule is CCCCN(CCCC)C(=S)Nc1sc2c(c1C(=O)OCC)CCCCC2. The van der Waals surface area contributed by atoms with Gasteiger partial charge in [-0.1, -0.05) is 33.1 Å². The van der Waals surface area contributed by atoms with Crippen molar-refractivity contribution in [2.24, 2.45) is 0 Å². The van der Waals surface area contributed by atoms with E-state index in [0.29, 0.717) is 6.61 Å². The summed E-state index contributed by atoms with van der Waals surface area (Å²) in [7, 11) is 0. The lowest BCUT2D eigenvalue weighted by atomic mass is 10.1. The molecule has 1 aliphatic rings. The van der Waals surface area contributed by atoms with E-state index in [9.17, 15) is 4.79 Å². The molecule has 152 valence electrons. The van der Waals surface area contributed by atoms with Crippen molar-refractivity contribution in [1.29, 1.82) is 0 Å². The lowest BCUT2D eigenvalue weighted by Gasteiger charge is -2.25. The molecule has 27 heavy (non-hydrogen) atoms. The van der Waals surface area contributed by atoms with Crippen LogP contribution in [0.4, 0.5) is 5.00 Å². The van der Waals surface area contributed by atoms with E-state index in [1.165, 1.54) is 23.3 Å². The Bertz CT molecular complexity index is 620. The van der Waals surface area contributed by atoms with Crippen molar-refractivity contribution in [1.82, 2.24) is 4.90 Å². The van der Waals surface area contributed by atoms with E-state index >= 15 is 0 Å². The average Bonchev–Trinajstić information content (AvgIpc) is 2.82. The first-order chi connectivity index (χ1) is 13.1. The zero-order valence-electron chi connectivity index (χ0n) is 17.1. The second-order valence-electron chi connectivity index (χ2n) is 7.11. The van der Waals surface area contributed by atoms with Crippen LogP contribution in [0.15, 0.2) is 0 Å². The summed E-state index contributed by atoms with van der Waals surface area (Å²) in [6.45, 7) is 8.57. The first-order valence-electron chi connectivity index (χ1n) is 10.5. The van der Waals surface area contributed by atoms with Crippen molar-refractivity contribution in [3.8, 4) is 0 Å². The standard InChI is InChI=1S/C21H34N2O2S2/c1-4-7-14-23(15-8-5-2)21(26)22-19-18(20(24)25-6-3)16-12-10-9-11-13-17(16)27-19/h4-15H2,1-3H3,(H,22,26). The molecule has 2 rings (SSSR count). The monoisotopic (exact) mass is 410 g/mol. The van der Waals surface area contributed by atoms with Crippen molar-refractivity contribution in [2.45, 2.75) is 78.6 Å². The van der Waals surface area contributed by atoms with Crippen molar-refractivity contribution < 1.29 is 9.53 Å². The Morgan fingerprint density at radius 3 is 2.41 bits per heavy atom. The Balaban J connectivity index is 2.24. The molecule has 1 aromatic heterocycles. The molecule has 0 saturated heterocycles. The van der Waals surface area contributed by atoms with Crippen molar-refractivity contribution in [3.05, 3.63) is 16.0 Å². The van der Waals surface area contributed by atoms with E-state index in [-0.39, 0.29) is 5.97 Å². The van der Waals surface area contributed by atoms with Crippen LogP contribution in [0.3, 0.4) is 0 Å². The van der Waals surface area contributed by atoms with Crippen molar-refractivity contribution >= 4 is 39.6 Å². The number of carbonyl (C=O) groups excluding carboxylic acids is 1. The number of thiophene rings is 1. The van der Waals surface area contributed by atoms with Crippen LogP contribution >= 0.6 is 23.6 Å². The largest absolute Gasteiger partial charge is 0.462 e. The van der Waals surface area contributed by atoms with Crippen LogP contribution < -0.4 is 5.32 Å². The van der Waals surface area contributed by atoms with Crippen LogP contribution in [0.5, 0.6) is 0 Å². The van der Waals surface area contributed by atoms with Gasteiger partial charge in [-0.05, 0) is 63.2 Å². The lowest BCUT2D eigenvalue weighted by Crippen LogP contribution is -2.36. The lowest BCUT2D eigenvalue weighted by molar-refractivity contribution is 0.0527. The molecule has 0 spiro atoms. The zero-order valence-corrected chi connectivity index (χ0v) is 18.7. The molecule has 0 radical (unpaired) electrons. The number of unbranched alkanes of at least 4 members (excludes halogenated alkanes) is 2. The summed E-state index contributed by atoms with van der Waals surface area (Å²) in [4.78, 5) is 16.3. The molecule has 0 aliphatic heterocycles. The van der Waals surface area contributed by atoms with Gasteiger partial charge >= 0.3 is 5.97 Å². The van der Waals surface area contributed by atoms with E-state index in [0.717, 1.165) is 73.7 Å². The summed E-state index contributed by atoms with van der Waals surface area (Å²) < 4.78 is 5.38. The number of fused-ring (bicyclic) bond motifs is 1. The predicted octanol–water partition coefficient (Wildman–Crippen LogP) is 5.79. The molecule has 0 amide bonds. The van der Waals surface area contributed by atoms with Crippen LogP contribution in [-0.2, 0) is 17.6 Å². The van der Waals surface area contributed by atoms with E-state index in [1.54, 1.807) is 11.3 Å². The summed E-state index contributed by atoms with van der Waals surface area (Å²) in [6, 6.07) is 0. The molecule has 0 bridgehead atoms. The quantitative estimate of drug-likeness (QED) is 0.317. The van der Waals surface area contributed by atoms with Gasteiger partial charge in [0.1, 0.15) is 5.00 Å². The molecule has 1 heterocycles. The summed E-state index contributed by atoms with van der Waals surface area (Å²) in [5, 5.41) is 5.03. The predicted molar refractivity (Wildman–Crippen MR) is 119 cm³/mol. The molecule has 1 aromatic rings. The highest BCUT2D eigenvalue weighted by Crippen LogP contribution is 2.38. The number of thiocarbonyl (C=S) groups is 1. The zero-order chi connectivity index (χ0) is 19.6. The number of aryl methyl sites for hydroxylation is 1. The fraction of sp³-hybridized carbons (Fsp3) is 0.714. The second kappa shape index (κ2) is 11.6. The molecule has 1 N–H and O–H groups in total. The highest BCUT2D eigenvalue weighted by molar-refractivity contribution is 7.80. The van der Waals surface area contributed by atoms with Crippen LogP contribution in [0.25, 0.3) is 0 Å². The molecule has 0 atom stereocenters. The van der Waals surface area contributed by atoms with Gasteiger partial charge in [-0.25, -0.2) is 4.79 Å². The second-order valence-corrected chi connectivity index (χ2v) is 8.61. The minimum atomic E-state index is -0.212. The molecule has 6 heteroatoms. The summed E-state index contributed by atoms with van der Waals surface area (Å²) >= 11 is 7.43. The molecule has 0 aromatic carbocycles. The maximum atomic E-state index is 12.7. The third-order valence-electron chi connectivity index (χ3n) is 4.97. The van der Waals surface area contributed by atoms with Gasteiger partial charge in [0.25, 0.3) is 0 Å². The number of hydrogen-bond acceptors (Lipinski definition) is 4. The number of rotatable bonds is 9. The molecule has 0 unspecified atom stereocenters. The van der Waals surface area contributed by atoms with E-state index in [1.807, 2.05) is 6.92 Å². The fourth-order valence-corrected chi connectivity index (χ4v) is 5.06. The Kier molecular flexibility index (Phi) is 9.56. The van der Waals surface area contributed by atoms with Gasteiger partial charge in [0.05, 0.1) is 12.2 Å². The van der Waals surface area contributed by atoms with Crippen LogP contribution in [-0.4, -0.2) is 35.7 Å². The van der Waals surface area contributed by atoms with Gasteiger partial charge in [0.15, 0.2) is 5.11 Å².